The van der Waals surface area contributed by atoms with Gasteiger partial charge >= 0.3 is 6.36 Å². The smallest absolute Gasteiger partial charge is 0.406 e. The second-order valence-corrected chi connectivity index (χ2v) is 8.82. The van der Waals surface area contributed by atoms with Crippen molar-refractivity contribution in [3.05, 3.63) is 54.1 Å². The molecule has 0 amide bonds. The number of rotatable bonds is 13. The lowest BCUT2D eigenvalue weighted by atomic mass is 10.1. The molecule has 2 aromatic rings. The highest BCUT2D eigenvalue weighted by atomic mass is 32.2. The average Bonchev–Trinajstić information content (AvgIpc) is 2.80. The third kappa shape index (κ3) is 11.5. The molecule has 0 radical (unpaired) electrons. The minimum Gasteiger partial charge on any atom is -0.406 e. The van der Waals surface area contributed by atoms with Crippen LogP contribution in [-0.4, -0.2) is 54.6 Å². The first-order chi connectivity index (χ1) is 16.1. The molecule has 2 aromatic carbocycles. The van der Waals surface area contributed by atoms with Crippen LogP contribution in [0.25, 0.3) is 0 Å². The maximum Gasteiger partial charge on any atom is 0.573 e. The minimum atomic E-state index is -4.74. The van der Waals surface area contributed by atoms with E-state index in [1.54, 1.807) is 35.6 Å². The summed E-state index contributed by atoms with van der Waals surface area (Å²) in [5.41, 5.74) is 4.38. The Kier molecular flexibility index (Phi) is 13.4. The molecule has 13 heteroatoms. The van der Waals surface area contributed by atoms with Crippen LogP contribution in [0.3, 0.4) is 0 Å². The van der Waals surface area contributed by atoms with Crippen molar-refractivity contribution >= 4 is 59.8 Å². The Balaban J connectivity index is 0.00000612. The zero-order valence-electron chi connectivity index (χ0n) is 19.4. The van der Waals surface area contributed by atoms with Crippen molar-refractivity contribution in [3.8, 4) is 5.75 Å². The fourth-order valence-corrected chi connectivity index (χ4v) is 3.84. The van der Waals surface area contributed by atoms with Crippen molar-refractivity contribution in [2.75, 3.05) is 42.2 Å². The highest BCUT2D eigenvalue weighted by molar-refractivity contribution is 8.14. The van der Waals surface area contributed by atoms with Crippen LogP contribution in [0.1, 0.15) is 24.2 Å². The maximum atomic E-state index is 12.3. The Morgan fingerprint density at radius 3 is 2.14 bits per heavy atom. The summed E-state index contributed by atoms with van der Waals surface area (Å²) in [5, 5.41) is -0.0348. The molecule has 7 nitrogen and oxygen atoms in total. The molecule has 194 valence electrons. The number of nitrogens with one attached hydrogen (secondary N) is 1. The molecule has 0 heterocycles. The fourth-order valence-electron chi connectivity index (χ4n) is 2.65. The van der Waals surface area contributed by atoms with Gasteiger partial charge < -0.3 is 4.74 Å². The number of ether oxygens (including phenoxy) is 1. The molecule has 0 aliphatic heterocycles. The van der Waals surface area contributed by atoms with Gasteiger partial charge in [0.15, 0.2) is 5.78 Å². The van der Waals surface area contributed by atoms with E-state index in [9.17, 15) is 22.8 Å². The van der Waals surface area contributed by atoms with Gasteiger partial charge in [-0.1, -0.05) is 25.6 Å². The summed E-state index contributed by atoms with van der Waals surface area (Å²) in [6.07, 6.45) is -4.74. The Bertz CT molecular complexity index is 928. The second kappa shape index (κ2) is 15.1. The molecular formula is C22H28F3N3O4S3. The minimum absolute atomic E-state index is 0. The number of benzene rings is 2. The number of alkyl halides is 3. The van der Waals surface area contributed by atoms with Gasteiger partial charge in [-0.15, -0.1) is 13.2 Å². The Labute approximate surface area is 218 Å². The lowest BCUT2D eigenvalue weighted by Gasteiger charge is -2.17. The summed E-state index contributed by atoms with van der Waals surface area (Å²) in [5.74, 6) is -0.371. The van der Waals surface area contributed by atoms with E-state index in [4.69, 9.17) is 4.28 Å². The van der Waals surface area contributed by atoms with Crippen molar-refractivity contribution in [3.63, 3.8) is 0 Å². The molecule has 0 bridgehead atoms. The van der Waals surface area contributed by atoms with Crippen molar-refractivity contribution < 1.29 is 31.8 Å². The van der Waals surface area contributed by atoms with Crippen LogP contribution in [0.2, 0.25) is 0 Å². The lowest BCUT2D eigenvalue weighted by Crippen LogP contribution is -2.28. The molecule has 0 aliphatic rings. The average molecular weight is 552 g/mol. The molecule has 0 spiro atoms. The number of halogens is 3. The van der Waals surface area contributed by atoms with Crippen LogP contribution in [0.4, 0.5) is 24.5 Å². The number of ketones is 1. The Hall–Kier alpha value is -2.06. The monoisotopic (exact) mass is 551 g/mol. The molecule has 0 saturated heterocycles. The highest BCUT2D eigenvalue weighted by Gasteiger charge is 2.31. The van der Waals surface area contributed by atoms with Crippen LogP contribution < -0.4 is 14.5 Å². The number of thioether (sulfide) groups is 1. The molecule has 0 saturated carbocycles. The van der Waals surface area contributed by atoms with Crippen molar-refractivity contribution in [1.29, 1.82) is 0 Å². The molecule has 0 unspecified atom stereocenters. The van der Waals surface area contributed by atoms with Crippen LogP contribution in [0, 0.1) is 0 Å². The summed E-state index contributed by atoms with van der Waals surface area (Å²) in [6.45, 7) is 5.85. The lowest BCUT2D eigenvalue weighted by molar-refractivity contribution is -0.274. The first-order valence-electron chi connectivity index (χ1n) is 10.3. The molecule has 1 N–H and O–H groups in total. The number of Topliss-reactive ketones (excluding diaryl/α,β-unsaturated/α-hetero) is 1. The summed E-state index contributed by atoms with van der Waals surface area (Å²) in [7, 11) is 1.67. The summed E-state index contributed by atoms with van der Waals surface area (Å²) in [6, 6.07) is 11.9. The van der Waals surface area contributed by atoms with E-state index in [1.165, 1.54) is 24.3 Å². The second-order valence-electron chi connectivity index (χ2n) is 6.92. The molecule has 35 heavy (non-hydrogen) atoms. The zero-order valence-corrected chi connectivity index (χ0v) is 22.1. The van der Waals surface area contributed by atoms with E-state index in [2.05, 4.69) is 10.2 Å². The van der Waals surface area contributed by atoms with E-state index in [-0.39, 0.29) is 35.9 Å². The summed E-state index contributed by atoms with van der Waals surface area (Å²) >= 11 is 1.94. The van der Waals surface area contributed by atoms with Gasteiger partial charge in [-0.2, -0.15) is 17.8 Å². The fraction of sp³-hybridized carbons (Fsp3) is 0.364. The Morgan fingerprint density at radius 2 is 1.60 bits per heavy atom. The molecule has 0 aromatic heterocycles. The number of carbonyl (C=O) groups is 2. The van der Waals surface area contributed by atoms with Crippen molar-refractivity contribution in [1.82, 2.24) is 4.90 Å². The van der Waals surface area contributed by atoms with Crippen LogP contribution in [0.15, 0.2) is 48.5 Å². The van der Waals surface area contributed by atoms with E-state index in [1.807, 2.05) is 18.7 Å². The van der Waals surface area contributed by atoms with E-state index in [0.717, 1.165) is 37.1 Å². The number of likely N-dealkylation sites (N-methyl/N-ethyl adjacent to an activating group) is 1. The first kappa shape index (κ1) is 31.0. The highest BCUT2D eigenvalue weighted by Crippen LogP contribution is 2.27. The van der Waals surface area contributed by atoms with Gasteiger partial charge in [-0.3, -0.25) is 24.3 Å². The predicted molar refractivity (Wildman–Crippen MR) is 140 cm³/mol. The van der Waals surface area contributed by atoms with Crippen molar-refractivity contribution in [2.45, 2.75) is 20.2 Å². The summed E-state index contributed by atoms with van der Waals surface area (Å²) in [4.78, 5) is 26.3. The van der Waals surface area contributed by atoms with Gasteiger partial charge in [0.05, 0.1) is 18.0 Å². The van der Waals surface area contributed by atoms with Gasteiger partial charge in [0.25, 0.3) is 0 Å². The number of hydrogen-bond donors (Lipinski definition) is 1. The zero-order chi connectivity index (χ0) is 25.1. The van der Waals surface area contributed by atoms with Gasteiger partial charge in [0.1, 0.15) is 18.0 Å². The van der Waals surface area contributed by atoms with E-state index < -0.39 is 6.36 Å². The van der Waals surface area contributed by atoms with Gasteiger partial charge in [0.2, 0.25) is 5.12 Å². The molecule has 2 rings (SSSR count). The maximum absolute atomic E-state index is 12.3. The molecular weight excluding hydrogens is 523 g/mol. The van der Waals surface area contributed by atoms with Gasteiger partial charge in [0, 0.05) is 18.3 Å². The number of nitrogens with zero attached hydrogens (tertiary/aromatic N) is 2. The standard InChI is InChI=1S/C22H26F3N3O4S2.H2S/c1-4-28(5-2)14-21(30)33-15-20(29)16-6-8-17(9-7-16)26-32-34-27(3)18-10-12-19(13-11-18)31-22(23,24)25;/h6-13,26H,4-5,14-15H2,1-3H3;1H2. The van der Waals surface area contributed by atoms with E-state index >= 15 is 0 Å². The summed E-state index contributed by atoms with van der Waals surface area (Å²) < 4.78 is 47.5. The van der Waals surface area contributed by atoms with Crippen molar-refractivity contribution in [2.24, 2.45) is 0 Å². The first-order valence-corrected chi connectivity index (χ1v) is 12.0. The number of hydrogen-bond acceptors (Lipinski definition) is 9. The van der Waals surface area contributed by atoms with Crippen LogP contribution >= 0.6 is 37.5 Å². The third-order valence-corrected chi connectivity index (χ3v) is 6.01. The largest absolute Gasteiger partial charge is 0.573 e. The van der Waals surface area contributed by atoms with Crippen LogP contribution in [0.5, 0.6) is 5.75 Å². The molecule has 0 atom stereocenters. The molecule has 0 aliphatic carbocycles. The predicted octanol–water partition coefficient (Wildman–Crippen LogP) is 5.53. The number of carbonyl (C=O) groups excluding carboxylic acids is 2. The topological polar surface area (TPSA) is 71.1 Å². The quantitative estimate of drug-likeness (QED) is 0.150. The number of anilines is 2. The van der Waals surface area contributed by atoms with Gasteiger partial charge in [-0.05, 0) is 61.6 Å². The van der Waals surface area contributed by atoms with E-state index in [0.29, 0.717) is 23.5 Å². The molecule has 0 fully saturated rings. The van der Waals surface area contributed by atoms with Crippen LogP contribution in [-0.2, 0) is 9.08 Å². The third-order valence-electron chi connectivity index (χ3n) is 4.56. The Morgan fingerprint density at radius 1 is 1.00 bits per heavy atom. The van der Waals surface area contributed by atoms with Gasteiger partial charge in [-0.25, -0.2) is 0 Å². The normalized spacial score (nSPS) is 11.1. The SMILES string of the molecule is CCN(CC)CC(=O)SCC(=O)c1ccc(NOSN(C)c2ccc(OC(F)(F)F)cc2)cc1.S.